The largest absolute Gasteiger partial charge is 0.380 e. The third-order valence-electron chi connectivity index (χ3n) is 3.12. The number of hydrogen-bond acceptors (Lipinski definition) is 2. The number of benzene rings is 1. The molecule has 4 nitrogen and oxygen atoms in total. The van der Waals surface area contributed by atoms with Gasteiger partial charge in [-0.1, -0.05) is 25.1 Å². The first kappa shape index (κ1) is 11.8. The van der Waals surface area contributed by atoms with Crippen LogP contribution in [0.15, 0.2) is 24.3 Å². The molecule has 17 heavy (non-hydrogen) atoms. The van der Waals surface area contributed by atoms with E-state index in [2.05, 4.69) is 30.4 Å². The van der Waals surface area contributed by atoms with E-state index in [-0.39, 0.29) is 5.96 Å². The van der Waals surface area contributed by atoms with E-state index < -0.39 is 0 Å². The third kappa shape index (κ3) is 2.70. The van der Waals surface area contributed by atoms with Crippen LogP contribution in [0, 0.1) is 5.41 Å². The van der Waals surface area contributed by atoms with E-state index in [1.165, 1.54) is 11.3 Å². The molecule has 0 aromatic heterocycles. The Kier molecular flexibility index (Phi) is 3.52. The van der Waals surface area contributed by atoms with Gasteiger partial charge in [0.1, 0.15) is 0 Å². The first-order chi connectivity index (χ1) is 8.20. The molecule has 1 aliphatic heterocycles. The second-order valence-electron chi connectivity index (χ2n) is 4.53. The number of hydrogen-bond donors (Lipinski definition) is 3. The topological polar surface area (TPSA) is 65.1 Å². The van der Waals surface area contributed by atoms with Gasteiger partial charge in [-0.3, -0.25) is 5.41 Å². The van der Waals surface area contributed by atoms with E-state index in [0.717, 1.165) is 25.9 Å². The Bertz CT molecular complexity index is 377. The van der Waals surface area contributed by atoms with Crippen LogP contribution < -0.4 is 11.1 Å². The molecule has 0 radical (unpaired) electrons. The molecule has 0 fully saturated rings. The fourth-order valence-electron chi connectivity index (χ4n) is 2.33. The van der Waals surface area contributed by atoms with Gasteiger partial charge in [0.15, 0.2) is 5.96 Å². The van der Waals surface area contributed by atoms with Crippen molar-refractivity contribution in [3.63, 3.8) is 0 Å². The summed E-state index contributed by atoms with van der Waals surface area (Å²) in [6.07, 6.45) is 2.03. The Balaban J connectivity index is 1.96. The van der Waals surface area contributed by atoms with Crippen LogP contribution in [0.4, 0.5) is 5.69 Å². The highest BCUT2D eigenvalue weighted by atomic mass is 15.2. The minimum atomic E-state index is 0.171. The molecule has 1 aliphatic rings. The smallest absolute Gasteiger partial charge is 0.188 e. The molecule has 0 spiro atoms. The van der Waals surface area contributed by atoms with Gasteiger partial charge < -0.3 is 16.0 Å². The number of fused-ring (bicyclic) bond motifs is 1. The summed E-state index contributed by atoms with van der Waals surface area (Å²) in [6, 6.07) is 8.73. The normalized spacial score (nSPS) is 17.4. The van der Waals surface area contributed by atoms with Crippen LogP contribution in [0.5, 0.6) is 0 Å². The molecule has 0 saturated carbocycles. The molecular formula is C13H20N4. The zero-order valence-corrected chi connectivity index (χ0v) is 10.2. The minimum absolute atomic E-state index is 0.171. The summed E-state index contributed by atoms with van der Waals surface area (Å²) >= 11 is 0. The number of rotatable bonds is 4. The maximum absolute atomic E-state index is 7.56. The van der Waals surface area contributed by atoms with Crippen molar-refractivity contribution in [1.29, 1.82) is 5.41 Å². The minimum Gasteiger partial charge on any atom is -0.380 e. The molecule has 4 heteroatoms. The number of para-hydroxylation sites is 1. The van der Waals surface area contributed by atoms with Gasteiger partial charge in [0.05, 0.1) is 0 Å². The van der Waals surface area contributed by atoms with E-state index in [0.29, 0.717) is 6.04 Å². The fraction of sp³-hybridized carbons (Fsp3) is 0.462. The predicted octanol–water partition coefficient (Wildman–Crippen LogP) is 1.63. The Labute approximate surface area is 102 Å². The van der Waals surface area contributed by atoms with E-state index >= 15 is 0 Å². The van der Waals surface area contributed by atoms with Gasteiger partial charge >= 0.3 is 0 Å². The van der Waals surface area contributed by atoms with Crippen LogP contribution in [0.3, 0.4) is 0 Å². The second kappa shape index (κ2) is 5.08. The maximum Gasteiger partial charge on any atom is 0.188 e. The molecule has 1 aromatic rings. The standard InChI is InChI=1S/C13H20N4/c1-2-7-17(13(14)15)9-11-8-10-5-3-4-6-12(10)16-11/h3-6,11,16H,2,7-9H2,1H3,(H3,14,15). The lowest BCUT2D eigenvalue weighted by atomic mass is 10.1. The zero-order valence-electron chi connectivity index (χ0n) is 10.2. The molecule has 1 unspecified atom stereocenters. The third-order valence-corrected chi connectivity index (χ3v) is 3.12. The highest BCUT2D eigenvalue weighted by molar-refractivity contribution is 5.74. The Morgan fingerprint density at radius 3 is 2.94 bits per heavy atom. The average molecular weight is 232 g/mol. The van der Waals surface area contributed by atoms with Gasteiger partial charge in [-0.2, -0.15) is 0 Å². The number of anilines is 1. The van der Waals surface area contributed by atoms with E-state index in [1.807, 2.05) is 11.0 Å². The summed E-state index contributed by atoms with van der Waals surface area (Å²) in [6.45, 7) is 3.76. The summed E-state index contributed by atoms with van der Waals surface area (Å²) in [4.78, 5) is 1.93. The molecule has 92 valence electrons. The molecule has 2 rings (SSSR count). The van der Waals surface area contributed by atoms with Crippen LogP contribution in [0.25, 0.3) is 0 Å². The molecular weight excluding hydrogens is 212 g/mol. The molecule has 0 bridgehead atoms. The van der Waals surface area contributed by atoms with Crippen LogP contribution in [0.2, 0.25) is 0 Å². The predicted molar refractivity (Wildman–Crippen MR) is 71.3 cm³/mol. The van der Waals surface area contributed by atoms with Crippen molar-refractivity contribution in [2.75, 3.05) is 18.4 Å². The average Bonchev–Trinajstić information content (AvgIpc) is 2.70. The van der Waals surface area contributed by atoms with Crippen molar-refractivity contribution in [2.24, 2.45) is 5.73 Å². The van der Waals surface area contributed by atoms with Gasteiger partial charge in [0.25, 0.3) is 0 Å². The molecule has 0 aliphatic carbocycles. The lowest BCUT2D eigenvalue weighted by Crippen LogP contribution is -2.43. The molecule has 0 saturated heterocycles. The molecule has 1 aromatic carbocycles. The number of guanidine groups is 1. The van der Waals surface area contributed by atoms with Crippen molar-refractivity contribution >= 4 is 11.6 Å². The van der Waals surface area contributed by atoms with Crippen molar-refractivity contribution < 1.29 is 0 Å². The van der Waals surface area contributed by atoms with Gasteiger partial charge in [0, 0.05) is 24.8 Å². The highest BCUT2D eigenvalue weighted by Crippen LogP contribution is 2.25. The van der Waals surface area contributed by atoms with Crippen molar-refractivity contribution in [3.8, 4) is 0 Å². The molecule has 1 atom stereocenters. The molecule has 1 heterocycles. The zero-order chi connectivity index (χ0) is 12.3. The Morgan fingerprint density at radius 2 is 2.29 bits per heavy atom. The van der Waals surface area contributed by atoms with E-state index in [9.17, 15) is 0 Å². The van der Waals surface area contributed by atoms with Gasteiger partial charge in [-0.05, 0) is 24.5 Å². The fourth-order valence-corrected chi connectivity index (χ4v) is 2.33. The summed E-state index contributed by atoms with van der Waals surface area (Å²) < 4.78 is 0. The summed E-state index contributed by atoms with van der Waals surface area (Å²) in [7, 11) is 0. The summed E-state index contributed by atoms with van der Waals surface area (Å²) in [5.74, 6) is 0.171. The van der Waals surface area contributed by atoms with E-state index in [4.69, 9.17) is 11.1 Å². The molecule has 4 N–H and O–H groups in total. The summed E-state index contributed by atoms with van der Waals surface area (Å²) in [5, 5.41) is 11.0. The first-order valence-electron chi connectivity index (χ1n) is 6.14. The number of nitrogens with one attached hydrogen (secondary N) is 2. The van der Waals surface area contributed by atoms with Crippen LogP contribution >= 0.6 is 0 Å². The van der Waals surface area contributed by atoms with Crippen LogP contribution in [-0.2, 0) is 6.42 Å². The van der Waals surface area contributed by atoms with Crippen LogP contribution in [0.1, 0.15) is 18.9 Å². The maximum atomic E-state index is 7.56. The number of nitrogens with zero attached hydrogens (tertiary/aromatic N) is 1. The lowest BCUT2D eigenvalue weighted by Gasteiger charge is -2.25. The van der Waals surface area contributed by atoms with Gasteiger partial charge in [-0.15, -0.1) is 0 Å². The lowest BCUT2D eigenvalue weighted by molar-refractivity contribution is 0.390. The highest BCUT2D eigenvalue weighted by Gasteiger charge is 2.22. The first-order valence-corrected chi connectivity index (χ1v) is 6.14. The Morgan fingerprint density at radius 1 is 1.53 bits per heavy atom. The Hall–Kier alpha value is -1.71. The van der Waals surface area contributed by atoms with Gasteiger partial charge in [-0.25, -0.2) is 0 Å². The molecule has 0 amide bonds. The van der Waals surface area contributed by atoms with Crippen molar-refractivity contribution in [2.45, 2.75) is 25.8 Å². The second-order valence-corrected chi connectivity index (χ2v) is 4.53. The van der Waals surface area contributed by atoms with Crippen molar-refractivity contribution in [3.05, 3.63) is 29.8 Å². The quantitative estimate of drug-likeness (QED) is 0.546. The van der Waals surface area contributed by atoms with Crippen LogP contribution in [-0.4, -0.2) is 30.0 Å². The van der Waals surface area contributed by atoms with E-state index in [1.54, 1.807) is 0 Å². The number of nitrogens with two attached hydrogens (primary N) is 1. The van der Waals surface area contributed by atoms with Gasteiger partial charge in [0.2, 0.25) is 0 Å². The SMILES string of the molecule is CCCN(CC1Cc2ccccc2N1)C(=N)N. The monoisotopic (exact) mass is 232 g/mol. The van der Waals surface area contributed by atoms with Crippen molar-refractivity contribution in [1.82, 2.24) is 4.90 Å². The summed E-state index contributed by atoms with van der Waals surface area (Å²) in [5.41, 5.74) is 8.17.